The van der Waals surface area contributed by atoms with Gasteiger partial charge in [-0.25, -0.2) is 9.97 Å². The number of nitriles is 1. The molecule has 5 nitrogen and oxygen atoms in total. The second-order valence-electron chi connectivity index (χ2n) is 4.16. The second-order valence-corrected chi connectivity index (χ2v) is 4.16. The quantitative estimate of drug-likeness (QED) is 0.685. The third kappa shape index (κ3) is 2.12. The summed E-state index contributed by atoms with van der Waals surface area (Å²) in [4.78, 5) is 12.9. The first-order valence-corrected chi connectivity index (χ1v) is 5.39. The van der Waals surface area contributed by atoms with Gasteiger partial charge in [0.1, 0.15) is 11.8 Å². The van der Waals surface area contributed by atoms with Gasteiger partial charge in [-0.2, -0.15) is 5.26 Å². The fourth-order valence-corrected chi connectivity index (χ4v) is 1.99. The lowest BCUT2D eigenvalue weighted by atomic mass is 10.2. The Morgan fingerprint density at radius 2 is 2.31 bits per heavy atom. The van der Waals surface area contributed by atoms with Gasteiger partial charge < -0.3 is 9.80 Å². The van der Waals surface area contributed by atoms with E-state index in [0.29, 0.717) is 17.7 Å². The van der Waals surface area contributed by atoms with Crippen molar-refractivity contribution < 1.29 is 0 Å². The summed E-state index contributed by atoms with van der Waals surface area (Å²) in [6.07, 6.45) is 1.64. The molecule has 1 aliphatic heterocycles. The smallest absolute Gasteiger partial charge is 0.226 e. The van der Waals surface area contributed by atoms with E-state index in [4.69, 9.17) is 5.26 Å². The number of likely N-dealkylation sites (N-methyl/N-ethyl adjacent to an activating group) is 1. The number of rotatable bonds is 1. The summed E-state index contributed by atoms with van der Waals surface area (Å²) in [5.74, 6) is 0.666. The van der Waals surface area contributed by atoms with Gasteiger partial charge in [-0.1, -0.05) is 0 Å². The lowest BCUT2D eigenvalue weighted by Gasteiger charge is -2.38. The van der Waals surface area contributed by atoms with Crippen molar-refractivity contribution in [2.75, 3.05) is 31.6 Å². The van der Waals surface area contributed by atoms with Crippen LogP contribution in [0.1, 0.15) is 12.6 Å². The Labute approximate surface area is 95.3 Å². The van der Waals surface area contributed by atoms with Gasteiger partial charge in [0.15, 0.2) is 0 Å². The molecule has 16 heavy (non-hydrogen) atoms. The summed E-state index contributed by atoms with van der Waals surface area (Å²) in [6.45, 7) is 5.06. The molecule has 2 rings (SSSR count). The van der Waals surface area contributed by atoms with Gasteiger partial charge >= 0.3 is 0 Å². The zero-order valence-electron chi connectivity index (χ0n) is 9.59. The van der Waals surface area contributed by atoms with Gasteiger partial charge in [-0.15, -0.1) is 0 Å². The van der Waals surface area contributed by atoms with Gasteiger partial charge in [0.2, 0.25) is 5.95 Å². The molecule has 84 valence electrons. The van der Waals surface area contributed by atoms with E-state index in [2.05, 4.69) is 33.7 Å². The van der Waals surface area contributed by atoms with E-state index in [9.17, 15) is 0 Å². The summed E-state index contributed by atoms with van der Waals surface area (Å²) in [7, 11) is 2.11. The Balaban J connectivity index is 2.20. The standard InChI is InChI=1S/C11H15N5/c1-9-8-15(2)5-6-16(9)11-13-4-3-10(7-12)14-11/h3-4,9H,5-6,8H2,1-2H3. The van der Waals surface area contributed by atoms with Gasteiger partial charge in [0, 0.05) is 31.9 Å². The van der Waals surface area contributed by atoms with E-state index in [0.717, 1.165) is 19.6 Å². The van der Waals surface area contributed by atoms with E-state index in [1.165, 1.54) is 0 Å². The maximum atomic E-state index is 8.80. The molecule has 1 aromatic heterocycles. The first-order valence-electron chi connectivity index (χ1n) is 5.39. The highest BCUT2D eigenvalue weighted by Crippen LogP contribution is 2.15. The molecule has 0 spiro atoms. The van der Waals surface area contributed by atoms with Crippen LogP contribution in [-0.2, 0) is 0 Å². The first kappa shape index (κ1) is 10.8. The molecule has 1 unspecified atom stereocenters. The molecular weight excluding hydrogens is 202 g/mol. The lowest BCUT2D eigenvalue weighted by Crippen LogP contribution is -2.51. The fraction of sp³-hybridized carbons (Fsp3) is 0.545. The van der Waals surface area contributed by atoms with Crippen LogP contribution in [0.4, 0.5) is 5.95 Å². The van der Waals surface area contributed by atoms with E-state index in [1.807, 2.05) is 6.07 Å². The third-order valence-electron chi connectivity index (χ3n) is 2.84. The van der Waals surface area contributed by atoms with Crippen molar-refractivity contribution in [3.63, 3.8) is 0 Å². The molecule has 0 amide bonds. The summed E-state index contributed by atoms with van der Waals surface area (Å²) in [6, 6.07) is 4.05. The highest BCUT2D eigenvalue weighted by molar-refractivity contribution is 5.35. The molecule has 0 aromatic carbocycles. The predicted molar refractivity (Wildman–Crippen MR) is 61.1 cm³/mol. The Hall–Kier alpha value is -1.67. The molecule has 1 atom stereocenters. The van der Waals surface area contributed by atoms with E-state index >= 15 is 0 Å². The van der Waals surface area contributed by atoms with Crippen LogP contribution in [0.15, 0.2) is 12.3 Å². The number of aromatic nitrogens is 2. The van der Waals surface area contributed by atoms with Crippen LogP contribution in [0.3, 0.4) is 0 Å². The summed E-state index contributed by atoms with van der Waals surface area (Å²) < 4.78 is 0. The number of anilines is 1. The molecule has 1 aromatic rings. The highest BCUT2D eigenvalue weighted by Gasteiger charge is 2.23. The first-order chi connectivity index (χ1) is 7.70. The van der Waals surface area contributed by atoms with Gasteiger partial charge in [0.25, 0.3) is 0 Å². The summed E-state index contributed by atoms with van der Waals surface area (Å²) >= 11 is 0. The zero-order chi connectivity index (χ0) is 11.5. The maximum Gasteiger partial charge on any atom is 0.226 e. The minimum Gasteiger partial charge on any atom is -0.336 e. The number of nitrogens with zero attached hydrogens (tertiary/aromatic N) is 5. The Bertz CT molecular complexity index is 411. The molecule has 5 heteroatoms. The molecule has 1 fully saturated rings. The van der Waals surface area contributed by atoms with E-state index < -0.39 is 0 Å². The zero-order valence-corrected chi connectivity index (χ0v) is 9.59. The molecule has 1 saturated heterocycles. The molecule has 0 bridgehead atoms. The molecule has 0 radical (unpaired) electrons. The van der Waals surface area contributed by atoms with Crippen LogP contribution in [-0.4, -0.2) is 47.6 Å². The summed E-state index contributed by atoms with van der Waals surface area (Å²) in [5.41, 5.74) is 0.427. The fourth-order valence-electron chi connectivity index (χ4n) is 1.99. The Kier molecular flexibility index (Phi) is 3.02. The number of hydrogen-bond acceptors (Lipinski definition) is 5. The molecule has 0 N–H and O–H groups in total. The maximum absolute atomic E-state index is 8.80. The van der Waals surface area contributed by atoms with Crippen LogP contribution in [0.25, 0.3) is 0 Å². The van der Waals surface area contributed by atoms with E-state index in [1.54, 1.807) is 12.3 Å². The number of hydrogen-bond donors (Lipinski definition) is 0. The largest absolute Gasteiger partial charge is 0.336 e. The van der Waals surface area contributed by atoms with Crippen molar-refractivity contribution >= 4 is 5.95 Å². The van der Waals surface area contributed by atoms with Crippen molar-refractivity contribution in [3.8, 4) is 6.07 Å². The monoisotopic (exact) mass is 217 g/mol. The van der Waals surface area contributed by atoms with Crippen LogP contribution >= 0.6 is 0 Å². The SMILES string of the molecule is CC1CN(C)CCN1c1nccc(C#N)n1. The van der Waals surface area contributed by atoms with Crippen LogP contribution in [0.2, 0.25) is 0 Å². The average Bonchev–Trinajstić information content (AvgIpc) is 2.29. The third-order valence-corrected chi connectivity index (χ3v) is 2.84. The van der Waals surface area contributed by atoms with Crippen molar-refractivity contribution in [3.05, 3.63) is 18.0 Å². The van der Waals surface area contributed by atoms with Crippen LogP contribution in [0.5, 0.6) is 0 Å². The van der Waals surface area contributed by atoms with Gasteiger partial charge in [0.05, 0.1) is 0 Å². The van der Waals surface area contributed by atoms with Crippen molar-refractivity contribution in [1.29, 1.82) is 5.26 Å². The normalized spacial score (nSPS) is 21.8. The van der Waals surface area contributed by atoms with Crippen molar-refractivity contribution in [1.82, 2.24) is 14.9 Å². The Morgan fingerprint density at radius 3 is 3.00 bits per heavy atom. The van der Waals surface area contributed by atoms with Crippen LogP contribution < -0.4 is 4.90 Å². The summed E-state index contributed by atoms with van der Waals surface area (Å²) in [5, 5.41) is 8.80. The minimum atomic E-state index is 0.382. The second kappa shape index (κ2) is 4.45. The minimum absolute atomic E-state index is 0.382. The average molecular weight is 217 g/mol. The molecule has 0 aliphatic carbocycles. The van der Waals surface area contributed by atoms with Gasteiger partial charge in [-0.05, 0) is 20.0 Å². The Morgan fingerprint density at radius 1 is 1.50 bits per heavy atom. The van der Waals surface area contributed by atoms with Gasteiger partial charge in [-0.3, -0.25) is 0 Å². The highest BCUT2D eigenvalue weighted by atomic mass is 15.3. The molecule has 1 aliphatic rings. The molecular formula is C11H15N5. The van der Waals surface area contributed by atoms with E-state index in [-0.39, 0.29) is 0 Å². The lowest BCUT2D eigenvalue weighted by molar-refractivity contribution is 0.273. The topological polar surface area (TPSA) is 56.0 Å². The molecule has 2 heterocycles. The van der Waals surface area contributed by atoms with Crippen LogP contribution in [0, 0.1) is 11.3 Å². The molecule has 0 saturated carbocycles. The predicted octanol–water partition coefficient (Wildman–Crippen LogP) is 0.489. The number of piperazine rings is 1. The van der Waals surface area contributed by atoms with Crippen molar-refractivity contribution in [2.24, 2.45) is 0 Å². The van der Waals surface area contributed by atoms with Crippen molar-refractivity contribution in [2.45, 2.75) is 13.0 Å².